The molecule has 0 amide bonds. The van der Waals surface area contributed by atoms with E-state index in [2.05, 4.69) is 38.2 Å². The highest BCUT2D eigenvalue weighted by Crippen LogP contribution is 2.19. The van der Waals surface area contributed by atoms with Crippen molar-refractivity contribution in [2.24, 2.45) is 0 Å². The Morgan fingerprint density at radius 1 is 1.12 bits per heavy atom. The van der Waals surface area contributed by atoms with E-state index < -0.39 is 6.10 Å². The summed E-state index contributed by atoms with van der Waals surface area (Å²) in [5.41, 5.74) is 2.32. The van der Waals surface area contributed by atoms with Crippen LogP contribution >= 0.6 is 0 Å². The molecular weight excluding hydrogens is 198 g/mol. The fraction of sp³-hybridized carbons (Fsp3) is 0.571. The molecule has 0 saturated heterocycles. The van der Waals surface area contributed by atoms with E-state index in [1.54, 1.807) is 0 Å². The summed E-state index contributed by atoms with van der Waals surface area (Å²) in [6.45, 7) is 7.19. The van der Waals surface area contributed by atoms with Crippen molar-refractivity contribution in [2.75, 3.05) is 6.54 Å². The molecule has 0 fully saturated rings. The van der Waals surface area contributed by atoms with Crippen molar-refractivity contribution in [3.05, 3.63) is 35.4 Å². The molecule has 1 aromatic rings. The van der Waals surface area contributed by atoms with Crippen molar-refractivity contribution < 1.29 is 5.11 Å². The molecule has 0 aliphatic heterocycles. The number of rotatable bonds is 6. The van der Waals surface area contributed by atoms with Crippen molar-refractivity contribution in [1.29, 1.82) is 0 Å². The number of likely N-dealkylation sites (N-methyl/N-ethyl adjacent to an activating group) is 1. The van der Waals surface area contributed by atoms with Gasteiger partial charge in [-0.1, -0.05) is 45.0 Å². The maximum atomic E-state index is 10.2. The SMILES string of the molecule is CCNC(CC)C(O)c1ccc(CC)cc1. The summed E-state index contributed by atoms with van der Waals surface area (Å²) < 4.78 is 0. The fourth-order valence-corrected chi connectivity index (χ4v) is 1.92. The average Bonchev–Trinajstić information content (AvgIpc) is 2.35. The van der Waals surface area contributed by atoms with Gasteiger partial charge in [0.15, 0.2) is 0 Å². The van der Waals surface area contributed by atoms with Crippen LogP contribution in [0.3, 0.4) is 0 Å². The minimum absolute atomic E-state index is 0.150. The topological polar surface area (TPSA) is 32.3 Å². The van der Waals surface area contributed by atoms with Gasteiger partial charge in [-0.15, -0.1) is 0 Å². The Morgan fingerprint density at radius 2 is 1.75 bits per heavy atom. The van der Waals surface area contributed by atoms with E-state index in [4.69, 9.17) is 0 Å². The number of nitrogens with one attached hydrogen (secondary N) is 1. The minimum Gasteiger partial charge on any atom is -0.387 e. The number of aliphatic hydroxyl groups excluding tert-OH is 1. The molecule has 2 N–H and O–H groups in total. The zero-order valence-electron chi connectivity index (χ0n) is 10.5. The van der Waals surface area contributed by atoms with Gasteiger partial charge in [-0.2, -0.15) is 0 Å². The lowest BCUT2D eigenvalue weighted by Crippen LogP contribution is -2.34. The first kappa shape index (κ1) is 13.2. The highest BCUT2D eigenvalue weighted by molar-refractivity contribution is 5.25. The molecule has 0 radical (unpaired) electrons. The van der Waals surface area contributed by atoms with Gasteiger partial charge < -0.3 is 10.4 Å². The van der Waals surface area contributed by atoms with Crippen molar-refractivity contribution in [3.63, 3.8) is 0 Å². The monoisotopic (exact) mass is 221 g/mol. The predicted octanol–water partition coefficient (Wildman–Crippen LogP) is 2.67. The Morgan fingerprint density at radius 3 is 2.19 bits per heavy atom. The molecular formula is C14H23NO. The van der Waals surface area contributed by atoms with E-state index in [0.717, 1.165) is 24.9 Å². The Balaban J connectivity index is 2.73. The van der Waals surface area contributed by atoms with Crippen molar-refractivity contribution in [3.8, 4) is 0 Å². The largest absolute Gasteiger partial charge is 0.387 e. The van der Waals surface area contributed by atoms with Gasteiger partial charge in [-0.3, -0.25) is 0 Å². The summed E-state index contributed by atoms with van der Waals surface area (Å²) in [6.07, 6.45) is 1.57. The van der Waals surface area contributed by atoms with Gasteiger partial charge in [0, 0.05) is 6.04 Å². The highest BCUT2D eigenvalue weighted by atomic mass is 16.3. The number of aryl methyl sites for hydroxylation is 1. The normalized spacial score (nSPS) is 14.8. The van der Waals surface area contributed by atoms with E-state index in [9.17, 15) is 5.11 Å². The number of benzene rings is 1. The summed E-state index contributed by atoms with van der Waals surface area (Å²) in [4.78, 5) is 0. The summed E-state index contributed by atoms with van der Waals surface area (Å²) in [7, 11) is 0. The van der Waals surface area contributed by atoms with Crippen LogP contribution in [0, 0.1) is 0 Å². The zero-order chi connectivity index (χ0) is 12.0. The summed E-state index contributed by atoms with van der Waals surface area (Å²) >= 11 is 0. The molecule has 2 nitrogen and oxygen atoms in total. The third kappa shape index (κ3) is 3.32. The maximum Gasteiger partial charge on any atom is 0.0942 e. The van der Waals surface area contributed by atoms with Crippen LogP contribution in [0.15, 0.2) is 24.3 Å². The Labute approximate surface area is 98.7 Å². The van der Waals surface area contributed by atoms with Crippen LogP contribution < -0.4 is 5.32 Å². The van der Waals surface area contributed by atoms with E-state index >= 15 is 0 Å². The molecule has 1 aromatic carbocycles. The second kappa shape index (κ2) is 6.66. The second-order valence-electron chi connectivity index (χ2n) is 4.11. The first-order chi connectivity index (χ1) is 7.72. The molecule has 0 saturated carbocycles. The van der Waals surface area contributed by atoms with Crippen molar-refractivity contribution in [1.82, 2.24) is 5.32 Å². The van der Waals surface area contributed by atoms with Crippen LogP contribution in [0.1, 0.15) is 44.4 Å². The van der Waals surface area contributed by atoms with Gasteiger partial charge in [-0.25, -0.2) is 0 Å². The van der Waals surface area contributed by atoms with Crippen molar-refractivity contribution >= 4 is 0 Å². The van der Waals surface area contributed by atoms with Crippen LogP contribution in [0.25, 0.3) is 0 Å². The molecule has 2 atom stereocenters. The lowest BCUT2D eigenvalue weighted by atomic mass is 9.99. The first-order valence-electron chi connectivity index (χ1n) is 6.23. The van der Waals surface area contributed by atoms with Gasteiger partial charge in [0.05, 0.1) is 6.10 Å². The van der Waals surface area contributed by atoms with Crippen molar-refractivity contribution in [2.45, 2.75) is 45.8 Å². The van der Waals surface area contributed by atoms with E-state index in [0.29, 0.717) is 0 Å². The number of hydrogen-bond acceptors (Lipinski definition) is 2. The molecule has 90 valence electrons. The summed E-state index contributed by atoms with van der Waals surface area (Å²) in [5.74, 6) is 0. The molecule has 0 bridgehead atoms. The molecule has 1 rings (SSSR count). The van der Waals surface area contributed by atoms with Crippen LogP contribution in [-0.2, 0) is 6.42 Å². The Hall–Kier alpha value is -0.860. The van der Waals surface area contributed by atoms with Gasteiger partial charge in [0.1, 0.15) is 0 Å². The Bertz CT molecular complexity index is 294. The molecule has 2 unspecified atom stereocenters. The third-order valence-corrected chi connectivity index (χ3v) is 3.02. The molecule has 0 aliphatic rings. The maximum absolute atomic E-state index is 10.2. The summed E-state index contributed by atoms with van der Waals surface area (Å²) in [5, 5.41) is 13.5. The average molecular weight is 221 g/mol. The van der Waals surface area contributed by atoms with E-state index in [1.165, 1.54) is 5.56 Å². The Kier molecular flexibility index (Phi) is 5.50. The second-order valence-corrected chi connectivity index (χ2v) is 4.11. The zero-order valence-corrected chi connectivity index (χ0v) is 10.5. The van der Waals surface area contributed by atoms with Gasteiger partial charge in [0.25, 0.3) is 0 Å². The number of hydrogen-bond donors (Lipinski definition) is 2. The number of aliphatic hydroxyl groups is 1. The molecule has 0 spiro atoms. The molecule has 16 heavy (non-hydrogen) atoms. The molecule has 0 aromatic heterocycles. The van der Waals surface area contributed by atoms with E-state index in [1.807, 2.05) is 12.1 Å². The smallest absolute Gasteiger partial charge is 0.0942 e. The minimum atomic E-state index is -0.407. The quantitative estimate of drug-likeness (QED) is 0.774. The van der Waals surface area contributed by atoms with E-state index in [-0.39, 0.29) is 6.04 Å². The lowest BCUT2D eigenvalue weighted by Gasteiger charge is -2.22. The van der Waals surface area contributed by atoms with Gasteiger partial charge >= 0.3 is 0 Å². The van der Waals surface area contributed by atoms with Crippen LogP contribution in [0.2, 0.25) is 0 Å². The van der Waals surface area contributed by atoms with Crippen LogP contribution in [-0.4, -0.2) is 17.7 Å². The highest BCUT2D eigenvalue weighted by Gasteiger charge is 2.17. The molecule has 0 heterocycles. The first-order valence-corrected chi connectivity index (χ1v) is 6.23. The third-order valence-electron chi connectivity index (χ3n) is 3.02. The van der Waals surface area contributed by atoms with Crippen LogP contribution in [0.4, 0.5) is 0 Å². The van der Waals surface area contributed by atoms with Gasteiger partial charge in [0.2, 0.25) is 0 Å². The molecule has 0 aliphatic carbocycles. The fourth-order valence-electron chi connectivity index (χ4n) is 1.92. The standard InChI is InChI=1S/C14H23NO/c1-4-11-7-9-12(10-8-11)14(16)13(5-2)15-6-3/h7-10,13-16H,4-6H2,1-3H3. The predicted molar refractivity (Wildman–Crippen MR) is 68.5 cm³/mol. The van der Waals surface area contributed by atoms with Gasteiger partial charge in [-0.05, 0) is 30.5 Å². The molecule has 2 heteroatoms. The summed E-state index contributed by atoms with van der Waals surface area (Å²) in [6, 6.07) is 8.40. The lowest BCUT2D eigenvalue weighted by molar-refractivity contribution is 0.127. The van der Waals surface area contributed by atoms with Crippen LogP contribution in [0.5, 0.6) is 0 Å².